The molecule has 158 valence electrons. The second kappa shape index (κ2) is 11.2. The number of carbonyl (C=O) groups is 2. The standard InChI is InChI=1S/C23H19Cl2N3O3/c24-19-11-10-18(12-20(19)25)27-22(29)13-23(30)28-26-14-17-8-4-5-9-21(17)31-15-16-6-2-1-3-7-16/h1-12,14H,13,15H2,(H,27,29)(H,28,30). The fraction of sp³-hybridized carbons (Fsp3) is 0.0870. The van der Waals surface area contributed by atoms with Gasteiger partial charge >= 0.3 is 0 Å². The van der Waals surface area contributed by atoms with Gasteiger partial charge in [-0.3, -0.25) is 9.59 Å². The Balaban J connectivity index is 1.51. The molecular formula is C23H19Cl2N3O3. The number of halogens is 2. The summed E-state index contributed by atoms with van der Waals surface area (Å²) >= 11 is 11.7. The summed E-state index contributed by atoms with van der Waals surface area (Å²) in [7, 11) is 0. The highest BCUT2D eigenvalue weighted by Crippen LogP contribution is 2.25. The van der Waals surface area contributed by atoms with Crippen molar-refractivity contribution in [2.75, 3.05) is 5.32 Å². The van der Waals surface area contributed by atoms with Crippen LogP contribution in [0.15, 0.2) is 77.9 Å². The Labute approximate surface area is 189 Å². The number of rotatable bonds is 8. The lowest BCUT2D eigenvalue weighted by atomic mass is 10.2. The zero-order valence-corrected chi connectivity index (χ0v) is 17.9. The Bertz CT molecular complexity index is 1090. The minimum absolute atomic E-state index is 0.307. The molecule has 0 atom stereocenters. The summed E-state index contributed by atoms with van der Waals surface area (Å²) in [4.78, 5) is 24.0. The van der Waals surface area contributed by atoms with Crippen molar-refractivity contribution in [3.8, 4) is 5.75 Å². The van der Waals surface area contributed by atoms with E-state index in [2.05, 4.69) is 15.8 Å². The number of ether oxygens (including phenoxy) is 1. The first kappa shape index (κ1) is 22.3. The van der Waals surface area contributed by atoms with Crippen molar-refractivity contribution < 1.29 is 14.3 Å². The van der Waals surface area contributed by atoms with E-state index in [9.17, 15) is 9.59 Å². The maximum atomic E-state index is 12.0. The van der Waals surface area contributed by atoms with E-state index in [1.54, 1.807) is 12.1 Å². The van der Waals surface area contributed by atoms with Crippen molar-refractivity contribution in [1.82, 2.24) is 5.43 Å². The van der Waals surface area contributed by atoms with Crippen LogP contribution in [0.5, 0.6) is 5.75 Å². The summed E-state index contributed by atoms with van der Waals surface area (Å²) in [5, 5.41) is 7.18. The largest absolute Gasteiger partial charge is 0.488 e. The molecule has 0 aliphatic rings. The molecule has 3 aromatic carbocycles. The zero-order valence-electron chi connectivity index (χ0n) is 16.3. The van der Waals surface area contributed by atoms with Crippen LogP contribution in [0.25, 0.3) is 0 Å². The van der Waals surface area contributed by atoms with Gasteiger partial charge in [-0.05, 0) is 35.9 Å². The van der Waals surface area contributed by atoms with Gasteiger partial charge in [-0.25, -0.2) is 5.43 Å². The number of amides is 2. The topological polar surface area (TPSA) is 79.8 Å². The number of nitrogens with one attached hydrogen (secondary N) is 2. The summed E-state index contributed by atoms with van der Waals surface area (Å²) in [6.07, 6.45) is 1.07. The zero-order chi connectivity index (χ0) is 22.1. The Morgan fingerprint density at radius 1 is 0.903 bits per heavy atom. The van der Waals surface area contributed by atoms with E-state index in [-0.39, 0.29) is 0 Å². The van der Waals surface area contributed by atoms with E-state index in [4.69, 9.17) is 27.9 Å². The van der Waals surface area contributed by atoms with Crippen LogP contribution in [0.1, 0.15) is 17.5 Å². The summed E-state index contributed by atoms with van der Waals surface area (Å²) in [5.41, 5.74) is 4.51. The Kier molecular flexibility index (Phi) is 8.04. The van der Waals surface area contributed by atoms with Gasteiger partial charge in [0.15, 0.2) is 0 Å². The van der Waals surface area contributed by atoms with Crippen LogP contribution in [0, 0.1) is 0 Å². The van der Waals surface area contributed by atoms with Crippen molar-refractivity contribution in [1.29, 1.82) is 0 Å². The fourth-order valence-corrected chi connectivity index (χ4v) is 2.89. The average molecular weight is 456 g/mol. The van der Waals surface area contributed by atoms with Crippen LogP contribution < -0.4 is 15.5 Å². The lowest BCUT2D eigenvalue weighted by Crippen LogP contribution is -2.24. The molecule has 0 saturated heterocycles. The van der Waals surface area contributed by atoms with Gasteiger partial charge in [0.05, 0.1) is 16.3 Å². The highest BCUT2D eigenvalue weighted by atomic mass is 35.5. The van der Waals surface area contributed by atoms with E-state index in [0.717, 1.165) is 5.56 Å². The molecule has 0 bridgehead atoms. The molecule has 0 unspecified atom stereocenters. The number of hydrazone groups is 1. The molecule has 0 aliphatic carbocycles. The SMILES string of the molecule is O=C(CC(=O)Nc1ccc(Cl)c(Cl)c1)NN=Cc1ccccc1OCc1ccccc1. The van der Waals surface area contributed by atoms with Gasteiger partial charge in [0.2, 0.25) is 11.8 Å². The van der Waals surface area contributed by atoms with Crippen molar-refractivity contribution in [3.05, 3.63) is 94.0 Å². The van der Waals surface area contributed by atoms with E-state index in [0.29, 0.717) is 33.7 Å². The smallest absolute Gasteiger partial charge is 0.249 e. The van der Waals surface area contributed by atoms with Gasteiger partial charge < -0.3 is 10.1 Å². The quantitative estimate of drug-likeness (QED) is 0.283. The second-order valence-corrected chi connectivity index (χ2v) is 7.27. The number of carbonyl (C=O) groups excluding carboxylic acids is 2. The van der Waals surface area contributed by atoms with Gasteiger partial charge in [0.25, 0.3) is 0 Å². The molecule has 0 saturated carbocycles. The summed E-state index contributed by atoms with van der Waals surface area (Å²) in [6.45, 7) is 0.410. The van der Waals surface area contributed by atoms with Crippen LogP contribution in [-0.4, -0.2) is 18.0 Å². The van der Waals surface area contributed by atoms with Gasteiger partial charge in [-0.15, -0.1) is 0 Å². The summed E-state index contributed by atoms with van der Waals surface area (Å²) in [5.74, 6) is -0.434. The molecule has 0 aliphatic heterocycles. The predicted octanol–water partition coefficient (Wildman–Crippen LogP) is 5.05. The summed E-state index contributed by atoms with van der Waals surface area (Å²) in [6, 6.07) is 21.7. The normalized spacial score (nSPS) is 10.6. The first-order valence-electron chi connectivity index (χ1n) is 9.34. The molecule has 31 heavy (non-hydrogen) atoms. The maximum Gasteiger partial charge on any atom is 0.249 e. The number of hydrogen-bond donors (Lipinski definition) is 2. The number of para-hydroxylation sites is 1. The van der Waals surface area contributed by atoms with Crippen LogP contribution >= 0.6 is 23.2 Å². The molecule has 3 rings (SSSR count). The van der Waals surface area contributed by atoms with Gasteiger partial charge in [0, 0.05) is 11.3 Å². The van der Waals surface area contributed by atoms with E-state index in [1.165, 1.54) is 12.3 Å². The number of benzene rings is 3. The van der Waals surface area contributed by atoms with E-state index < -0.39 is 18.2 Å². The second-order valence-electron chi connectivity index (χ2n) is 6.46. The molecule has 0 heterocycles. The Morgan fingerprint density at radius 2 is 1.65 bits per heavy atom. The number of hydrogen-bond acceptors (Lipinski definition) is 4. The van der Waals surface area contributed by atoms with Crippen molar-refractivity contribution in [2.45, 2.75) is 13.0 Å². The first-order valence-corrected chi connectivity index (χ1v) is 10.1. The third-order valence-electron chi connectivity index (χ3n) is 4.07. The van der Waals surface area contributed by atoms with Gasteiger partial charge in [-0.1, -0.05) is 65.7 Å². The van der Waals surface area contributed by atoms with Crippen LogP contribution in [0.4, 0.5) is 5.69 Å². The molecule has 0 aromatic heterocycles. The number of anilines is 1. The predicted molar refractivity (Wildman–Crippen MR) is 123 cm³/mol. The highest BCUT2D eigenvalue weighted by molar-refractivity contribution is 6.42. The molecule has 6 nitrogen and oxygen atoms in total. The lowest BCUT2D eigenvalue weighted by Gasteiger charge is -2.09. The molecule has 0 radical (unpaired) electrons. The van der Waals surface area contributed by atoms with Crippen molar-refractivity contribution in [3.63, 3.8) is 0 Å². The van der Waals surface area contributed by atoms with Crippen LogP contribution in [-0.2, 0) is 16.2 Å². The minimum atomic E-state index is -0.559. The van der Waals surface area contributed by atoms with Gasteiger partial charge in [0.1, 0.15) is 18.8 Å². The van der Waals surface area contributed by atoms with E-state index >= 15 is 0 Å². The Morgan fingerprint density at radius 3 is 2.42 bits per heavy atom. The maximum absolute atomic E-state index is 12.0. The Hall–Kier alpha value is -3.35. The molecule has 0 fully saturated rings. The molecule has 0 spiro atoms. The third-order valence-corrected chi connectivity index (χ3v) is 4.81. The average Bonchev–Trinajstić information content (AvgIpc) is 2.76. The molecular weight excluding hydrogens is 437 g/mol. The van der Waals surface area contributed by atoms with E-state index in [1.807, 2.05) is 54.6 Å². The van der Waals surface area contributed by atoms with Crippen molar-refractivity contribution in [2.24, 2.45) is 5.10 Å². The summed E-state index contributed by atoms with van der Waals surface area (Å²) < 4.78 is 5.84. The monoisotopic (exact) mass is 455 g/mol. The lowest BCUT2D eigenvalue weighted by molar-refractivity contribution is -0.126. The fourth-order valence-electron chi connectivity index (χ4n) is 2.59. The first-order chi connectivity index (χ1) is 15.0. The minimum Gasteiger partial charge on any atom is -0.488 e. The molecule has 8 heteroatoms. The number of nitrogens with zero attached hydrogens (tertiary/aromatic N) is 1. The van der Waals surface area contributed by atoms with Crippen molar-refractivity contribution >= 4 is 46.9 Å². The van der Waals surface area contributed by atoms with Crippen LogP contribution in [0.3, 0.4) is 0 Å². The molecule has 2 N–H and O–H groups in total. The third kappa shape index (κ3) is 7.13. The van der Waals surface area contributed by atoms with Gasteiger partial charge in [-0.2, -0.15) is 5.10 Å². The van der Waals surface area contributed by atoms with Crippen LogP contribution in [0.2, 0.25) is 10.0 Å². The molecule has 2 amide bonds. The molecule has 3 aromatic rings. The highest BCUT2D eigenvalue weighted by Gasteiger charge is 2.10.